The lowest BCUT2D eigenvalue weighted by Gasteiger charge is -2.25. The van der Waals surface area contributed by atoms with Gasteiger partial charge in [0.1, 0.15) is 17.5 Å². The van der Waals surface area contributed by atoms with Gasteiger partial charge in [-0.3, -0.25) is 14.3 Å². The Balaban J connectivity index is 1.54. The summed E-state index contributed by atoms with van der Waals surface area (Å²) >= 11 is 0. The first-order valence-electron chi connectivity index (χ1n) is 10.4. The lowest BCUT2D eigenvalue weighted by Crippen LogP contribution is -2.47. The van der Waals surface area contributed by atoms with Crippen LogP contribution in [-0.2, 0) is 9.59 Å². The van der Waals surface area contributed by atoms with Crippen LogP contribution in [-0.4, -0.2) is 40.2 Å². The Labute approximate surface area is 178 Å². The molecule has 0 bridgehead atoms. The summed E-state index contributed by atoms with van der Waals surface area (Å²) in [6, 6.07) is -0.0769. The molecule has 2 saturated carbocycles. The summed E-state index contributed by atoms with van der Waals surface area (Å²) in [5.74, 6) is -0.813. The Hall–Kier alpha value is -3.04. The van der Waals surface area contributed by atoms with Gasteiger partial charge in [-0.1, -0.05) is 0 Å². The van der Waals surface area contributed by atoms with E-state index in [0.717, 1.165) is 31.9 Å². The number of aromatic nitrogens is 3. The number of hydrogen-bond donors (Lipinski definition) is 2. The molecule has 4 rings (SSSR count). The van der Waals surface area contributed by atoms with Gasteiger partial charge >= 0.3 is 0 Å². The molecule has 2 aliphatic carbocycles. The molecule has 0 radical (unpaired) electrons. The second-order valence-corrected chi connectivity index (χ2v) is 8.25. The average molecular weight is 433 g/mol. The van der Waals surface area contributed by atoms with Crippen molar-refractivity contribution in [1.29, 1.82) is 0 Å². The van der Waals surface area contributed by atoms with E-state index >= 15 is 0 Å². The lowest BCUT2D eigenvalue weighted by atomic mass is 9.89. The maximum Gasteiger partial charge on any atom is 0.256 e. The van der Waals surface area contributed by atoms with E-state index in [1.807, 2.05) is 0 Å². The van der Waals surface area contributed by atoms with Crippen molar-refractivity contribution in [3.05, 3.63) is 35.8 Å². The third-order valence-corrected chi connectivity index (χ3v) is 6.08. The lowest BCUT2D eigenvalue weighted by molar-refractivity contribution is -0.123. The molecule has 166 valence electrons. The minimum atomic E-state index is -0.872. The van der Waals surface area contributed by atoms with Crippen molar-refractivity contribution in [1.82, 2.24) is 20.1 Å². The Bertz CT molecular complexity index is 962. The predicted molar refractivity (Wildman–Crippen MR) is 107 cm³/mol. The van der Waals surface area contributed by atoms with Gasteiger partial charge in [0.15, 0.2) is 0 Å². The third-order valence-electron chi connectivity index (χ3n) is 6.08. The smallest absolute Gasteiger partial charge is 0.256 e. The van der Waals surface area contributed by atoms with Gasteiger partial charge in [0.2, 0.25) is 18.2 Å². The number of carbonyl (C=O) groups excluding carboxylic acids is 2. The number of hydrogen-bond acceptors (Lipinski definition) is 5. The summed E-state index contributed by atoms with van der Waals surface area (Å²) in [5.41, 5.74) is 0.272. The Kier molecular flexibility index (Phi) is 5.88. The van der Waals surface area contributed by atoms with Crippen LogP contribution in [0.3, 0.4) is 0 Å². The molecule has 0 saturated heterocycles. The monoisotopic (exact) mass is 433 g/mol. The van der Waals surface area contributed by atoms with Crippen molar-refractivity contribution >= 4 is 18.0 Å². The van der Waals surface area contributed by atoms with Crippen LogP contribution in [0, 0.1) is 29.5 Å². The molecule has 8 nitrogen and oxygen atoms in total. The molecule has 2 aromatic rings. The second-order valence-electron chi connectivity index (χ2n) is 8.25. The van der Waals surface area contributed by atoms with Gasteiger partial charge in [0.25, 0.3) is 5.95 Å². The Morgan fingerprint density at radius 3 is 2.55 bits per heavy atom. The first kappa shape index (κ1) is 21.2. The molecule has 2 amide bonds. The largest absolute Gasteiger partial charge is 0.481 e. The summed E-state index contributed by atoms with van der Waals surface area (Å²) in [5, 5.41) is 9.03. The van der Waals surface area contributed by atoms with Gasteiger partial charge in [-0.25, -0.2) is 9.37 Å². The van der Waals surface area contributed by atoms with E-state index in [1.54, 1.807) is 6.92 Å². The van der Waals surface area contributed by atoms with Crippen molar-refractivity contribution in [2.24, 2.45) is 17.8 Å². The van der Waals surface area contributed by atoms with E-state index in [1.165, 1.54) is 24.1 Å². The summed E-state index contributed by atoms with van der Waals surface area (Å²) < 4.78 is 34.7. The minimum Gasteiger partial charge on any atom is -0.481 e. The summed E-state index contributed by atoms with van der Waals surface area (Å²) in [6.07, 6.45) is 7.05. The van der Waals surface area contributed by atoms with Crippen LogP contribution in [0.1, 0.15) is 44.2 Å². The molecule has 0 aliphatic heterocycles. The van der Waals surface area contributed by atoms with Crippen LogP contribution in [0.2, 0.25) is 0 Å². The van der Waals surface area contributed by atoms with Gasteiger partial charge < -0.3 is 15.4 Å². The van der Waals surface area contributed by atoms with Crippen LogP contribution in [0.5, 0.6) is 5.88 Å². The van der Waals surface area contributed by atoms with E-state index < -0.39 is 29.8 Å². The summed E-state index contributed by atoms with van der Waals surface area (Å²) in [7, 11) is 1.40. The highest BCUT2D eigenvalue weighted by atomic mass is 19.1. The Morgan fingerprint density at radius 1 is 1.29 bits per heavy atom. The molecule has 2 aliphatic rings. The van der Waals surface area contributed by atoms with Crippen LogP contribution in [0.25, 0.3) is 0 Å². The number of methoxy groups -OCH3 is 1. The molecule has 0 aromatic carbocycles. The van der Waals surface area contributed by atoms with Crippen LogP contribution in [0.15, 0.2) is 18.5 Å². The van der Waals surface area contributed by atoms with Gasteiger partial charge in [0, 0.05) is 5.56 Å². The highest BCUT2D eigenvalue weighted by molar-refractivity contribution is 5.96. The number of amides is 2. The van der Waals surface area contributed by atoms with E-state index in [-0.39, 0.29) is 17.5 Å². The number of ether oxygens (including phenoxy) is 1. The Morgan fingerprint density at radius 2 is 1.97 bits per heavy atom. The van der Waals surface area contributed by atoms with Crippen molar-refractivity contribution in [3.8, 4) is 5.88 Å². The zero-order chi connectivity index (χ0) is 22.1. The molecule has 31 heavy (non-hydrogen) atoms. The van der Waals surface area contributed by atoms with Crippen molar-refractivity contribution in [2.75, 3.05) is 12.4 Å². The normalized spacial score (nSPS) is 17.8. The van der Waals surface area contributed by atoms with Crippen LogP contribution in [0.4, 0.5) is 14.5 Å². The van der Waals surface area contributed by atoms with Crippen LogP contribution < -0.4 is 15.4 Å². The summed E-state index contributed by atoms with van der Waals surface area (Å²) in [6.45, 7) is 1.68. The van der Waals surface area contributed by atoms with Crippen molar-refractivity contribution in [3.63, 3.8) is 0 Å². The first-order chi connectivity index (χ1) is 14.9. The fourth-order valence-corrected chi connectivity index (χ4v) is 4.24. The molecule has 2 fully saturated rings. The van der Waals surface area contributed by atoms with Gasteiger partial charge in [-0.15, -0.1) is 5.10 Å². The highest BCUT2D eigenvalue weighted by Gasteiger charge is 2.47. The SMILES string of the molecule is COc1ncc(F)cc1[C@H](C)n1cc(NC(=O)C(NC=O)C(C2CC2)C2CC2)c(F)n1. The van der Waals surface area contributed by atoms with E-state index in [2.05, 4.69) is 20.7 Å². The average Bonchev–Trinajstić information content (AvgIpc) is 3.68. The fourth-order valence-electron chi connectivity index (χ4n) is 4.24. The highest BCUT2D eigenvalue weighted by Crippen LogP contribution is 2.50. The van der Waals surface area contributed by atoms with Gasteiger partial charge in [0.05, 0.1) is 25.5 Å². The molecule has 2 heterocycles. The van der Waals surface area contributed by atoms with E-state index in [0.29, 0.717) is 23.8 Å². The molecule has 10 heteroatoms. The third kappa shape index (κ3) is 4.52. The first-order valence-corrected chi connectivity index (χ1v) is 10.4. The topological polar surface area (TPSA) is 98.1 Å². The molecular formula is C21H25F2N5O3. The van der Waals surface area contributed by atoms with Crippen molar-refractivity contribution in [2.45, 2.75) is 44.7 Å². The minimum absolute atomic E-state index is 0.0601. The molecular weight excluding hydrogens is 408 g/mol. The van der Waals surface area contributed by atoms with Gasteiger partial charge in [-0.05, 0) is 56.4 Å². The van der Waals surface area contributed by atoms with E-state index in [4.69, 9.17) is 4.74 Å². The standard InChI is InChI=1S/C21H25F2N5O3/c1-11(15-7-14(22)8-24-21(15)31-2)28-9-16(19(23)27-28)26-20(30)18(25-10-29)17(12-3-4-12)13-5-6-13/h7-13,17-18H,3-6H2,1-2H3,(H,25,29)(H,26,30)/t11-,18?/m0/s1. The maximum atomic E-state index is 14.5. The fraction of sp³-hybridized carbons (Fsp3) is 0.524. The van der Waals surface area contributed by atoms with Gasteiger partial charge in [-0.2, -0.15) is 4.39 Å². The molecule has 2 atom stereocenters. The number of carbonyl (C=O) groups is 2. The number of nitrogens with zero attached hydrogens (tertiary/aromatic N) is 3. The molecule has 1 unspecified atom stereocenters. The number of halogens is 2. The molecule has 0 spiro atoms. The quantitative estimate of drug-likeness (QED) is 0.562. The van der Waals surface area contributed by atoms with Crippen LogP contribution >= 0.6 is 0 Å². The number of anilines is 1. The number of pyridine rings is 1. The predicted octanol–water partition coefficient (Wildman–Crippen LogP) is 2.66. The second kappa shape index (κ2) is 8.60. The maximum absolute atomic E-state index is 14.5. The number of rotatable bonds is 10. The zero-order valence-corrected chi connectivity index (χ0v) is 17.3. The number of nitrogens with one attached hydrogen (secondary N) is 2. The summed E-state index contributed by atoms with van der Waals surface area (Å²) in [4.78, 5) is 28.0. The zero-order valence-electron chi connectivity index (χ0n) is 17.3. The van der Waals surface area contributed by atoms with Crippen molar-refractivity contribution < 1.29 is 23.1 Å². The molecule has 2 N–H and O–H groups in total. The van der Waals surface area contributed by atoms with E-state index in [9.17, 15) is 18.4 Å². The molecule has 2 aromatic heterocycles.